The number of halogens is 1. The zero-order chi connectivity index (χ0) is 15.5. The van der Waals surface area contributed by atoms with Crippen molar-refractivity contribution >= 4 is 27.5 Å². The van der Waals surface area contributed by atoms with Crippen molar-refractivity contribution in [2.75, 3.05) is 24.5 Å². The number of rotatable bonds is 3. The van der Waals surface area contributed by atoms with Crippen LogP contribution in [0.5, 0.6) is 0 Å². The number of hydrogen-bond donors (Lipinski definition) is 2. The minimum atomic E-state index is 0.179. The highest BCUT2D eigenvalue weighted by Gasteiger charge is 2.29. The summed E-state index contributed by atoms with van der Waals surface area (Å²) >= 11 is 3.47. The molecule has 0 spiro atoms. The van der Waals surface area contributed by atoms with Crippen molar-refractivity contribution in [3.05, 3.63) is 28.7 Å². The van der Waals surface area contributed by atoms with Gasteiger partial charge in [0, 0.05) is 41.3 Å². The van der Waals surface area contributed by atoms with Gasteiger partial charge in [0.2, 0.25) is 5.91 Å². The molecule has 2 N–H and O–H groups in total. The lowest BCUT2D eigenvalue weighted by molar-refractivity contribution is -0.126. The van der Waals surface area contributed by atoms with Crippen molar-refractivity contribution in [2.24, 2.45) is 5.92 Å². The fraction of sp³-hybridized carbons (Fsp3) is 0.588. The van der Waals surface area contributed by atoms with E-state index in [4.69, 9.17) is 0 Å². The Bertz CT molecular complexity index is 519. The molecule has 2 saturated heterocycles. The Labute approximate surface area is 140 Å². The van der Waals surface area contributed by atoms with Crippen LogP contribution >= 0.6 is 15.9 Å². The fourth-order valence-electron chi connectivity index (χ4n) is 3.45. The van der Waals surface area contributed by atoms with E-state index in [2.05, 4.69) is 62.7 Å². The summed E-state index contributed by atoms with van der Waals surface area (Å²) in [6.07, 6.45) is 2.94. The first-order valence-electron chi connectivity index (χ1n) is 8.16. The maximum absolute atomic E-state index is 12.4. The van der Waals surface area contributed by atoms with Gasteiger partial charge in [0.05, 0.1) is 0 Å². The van der Waals surface area contributed by atoms with Crippen molar-refractivity contribution < 1.29 is 4.79 Å². The van der Waals surface area contributed by atoms with Crippen LogP contribution in [-0.2, 0) is 4.79 Å². The number of anilines is 1. The van der Waals surface area contributed by atoms with Crippen LogP contribution in [0.4, 0.5) is 5.69 Å². The van der Waals surface area contributed by atoms with Crippen molar-refractivity contribution in [3.63, 3.8) is 0 Å². The lowest BCUT2D eigenvalue weighted by Crippen LogP contribution is -2.46. The van der Waals surface area contributed by atoms with Crippen LogP contribution in [0.1, 0.15) is 26.2 Å². The monoisotopic (exact) mass is 365 g/mol. The van der Waals surface area contributed by atoms with E-state index in [-0.39, 0.29) is 17.9 Å². The smallest absolute Gasteiger partial charge is 0.223 e. The van der Waals surface area contributed by atoms with Gasteiger partial charge >= 0.3 is 0 Å². The van der Waals surface area contributed by atoms with Crippen molar-refractivity contribution in [1.82, 2.24) is 10.6 Å². The maximum Gasteiger partial charge on any atom is 0.223 e. The quantitative estimate of drug-likeness (QED) is 0.864. The normalized spacial score (nSPS) is 28.6. The standard InChI is InChI=1S/C17H24BrN3O/c1-12-10-13(6-8-19-12)17(22)20-15-7-9-21(11-15)16-4-2-14(18)3-5-16/h2-5,12-13,15,19H,6-11H2,1H3,(H,20,22)/t12-,13-,15?/m0/s1. The molecular formula is C17H24BrN3O. The molecule has 22 heavy (non-hydrogen) atoms. The first kappa shape index (κ1) is 15.8. The van der Waals surface area contributed by atoms with Crippen LogP contribution in [0, 0.1) is 5.92 Å². The Balaban J connectivity index is 1.52. The molecule has 1 unspecified atom stereocenters. The van der Waals surface area contributed by atoms with Crippen LogP contribution < -0.4 is 15.5 Å². The van der Waals surface area contributed by atoms with Crippen molar-refractivity contribution in [3.8, 4) is 0 Å². The Morgan fingerprint density at radius 3 is 2.82 bits per heavy atom. The third-order valence-corrected chi connectivity index (χ3v) is 5.25. The molecule has 1 aromatic carbocycles. The Morgan fingerprint density at radius 2 is 2.09 bits per heavy atom. The van der Waals surface area contributed by atoms with Crippen molar-refractivity contribution in [1.29, 1.82) is 0 Å². The van der Waals surface area contributed by atoms with Gasteiger partial charge in [0.15, 0.2) is 0 Å². The van der Waals surface area contributed by atoms with Gasteiger partial charge in [-0.2, -0.15) is 0 Å². The first-order valence-corrected chi connectivity index (χ1v) is 8.95. The molecule has 0 bridgehead atoms. The second-order valence-corrected chi connectivity index (χ2v) is 7.41. The van der Waals surface area contributed by atoms with Gasteiger partial charge in [-0.1, -0.05) is 15.9 Å². The summed E-state index contributed by atoms with van der Waals surface area (Å²) < 4.78 is 1.10. The van der Waals surface area contributed by atoms with E-state index in [1.165, 1.54) is 5.69 Å². The maximum atomic E-state index is 12.4. The van der Waals surface area contributed by atoms with E-state index in [0.717, 1.165) is 43.4 Å². The minimum absolute atomic E-state index is 0.179. The fourth-order valence-corrected chi connectivity index (χ4v) is 3.72. The number of carbonyl (C=O) groups is 1. The lowest BCUT2D eigenvalue weighted by Gasteiger charge is -2.28. The number of nitrogens with one attached hydrogen (secondary N) is 2. The average Bonchev–Trinajstić information content (AvgIpc) is 2.96. The molecule has 0 aromatic heterocycles. The van der Waals surface area contributed by atoms with Gasteiger partial charge in [0.25, 0.3) is 0 Å². The third-order valence-electron chi connectivity index (χ3n) is 4.72. The predicted octanol–water partition coefficient (Wildman–Crippen LogP) is 2.53. The molecule has 1 amide bonds. The van der Waals surface area contributed by atoms with Gasteiger partial charge < -0.3 is 15.5 Å². The minimum Gasteiger partial charge on any atom is -0.369 e. The molecule has 2 aliphatic rings. The summed E-state index contributed by atoms with van der Waals surface area (Å²) in [7, 11) is 0. The van der Waals surface area contributed by atoms with Crippen LogP contribution in [0.3, 0.4) is 0 Å². The predicted molar refractivity (Wildman–Crippen MR) is 93.1 cm³/mol. The molecule has 2 fully saturated rings. The van der Waals surface area contributed by atoms with E-state index in [1.807, 2.05) is 0 Å². The second-order valence-electron chi connectivity index (χ2n) is 6.49. The molecule has 2 aliphatic heterocycles. The lowest BCUT2D eigenvalue weighted by atomic mass is 9.92. The van der Waals surface area contributed by atoms with Gasteiger partial charge in [0.1, 0.15) is 0 Å². The van der Waals surface area contributed by atoms with Gasteiger partial charge in [-0.25, -0.2) is 0 Å². The van der Waals surface area contributed by atoms with E-state index >= 15 is 0 Å². The number of benzene rings is 1. The van der Waals surface area contributed by atoms with E-state index in [0.29, 0.717) is 6.04 Å². The molecule has 0 aliphatic carbocycles. The molecule has 0 radical (unpaired) electrons. The Hall–Kier alpha value is -1.07. The summed E-state index contributed by atoms with van der Waals surface area (Å²) in [6.45, 7) is 5.03. The molecule has 120 valence electrons. The number of carbonyl (C=O) groups excluding carboxylic acids is 1. The molecule has 5 heteroatoms. The second kappa shape index (κ2) is 7.01. The topological polar surface area (TPSA) is 44.4 Å². The highest BCUT2D eigenvalue weighted by Crippen LogP contribution is 2.23. The Kier molecular flexibility index (Phi) is 5.03. The number of piperidine rings is 1. The summed E-state index contributed by atoms with van der Waals surface area (Å²) in [6, 6.07) is 9.12. The van der Waals surface area contributed by atoms with Gasteiger partial charge in [-0.3, -0.25) is 4.79 Å². The molecular weight excluding hydrogens is 342 g/mol. The van der Waals surface area contributed by atoms with Crippen LogP contribution in [0.25, 0.3) is 0 Å². The zero-order valence-corrected chi connectivity index (χ0v) is 14.6. The Morgan fingerprint density at radius 1 is 1.32 bits per heavy atom. The van der Waals surface area contributed by atoms with Gasteiger partial charge in [-0.05, 0) is 57.0 Å². The molecule has 4 nitrogen and oxygen atoms in total. The summed E-state index contributed by atoms with van der Waals surface area (Å²) in [5.74, 6) is 0.425. The number of hydrogen-bond acceptors (Lipinski definition) is 3. The van der Waals surface area contributed by atoms with Crippen LogP contribution in [0.2, 0.25) is 0 Å². The molecule has 3 atom stereocenters. The SMILES string of the molecule is C[C@H]1C[C@@H](C(=O)NC2CCN(c3ccc(Br)cc3)C2)CCN1. The van der Waals surface area contributed by atoms with E-state index < -0.39 is 0 Å². The molecule has 2 heterocycles. The average molecular weight is 366 g/mol. The van der Waals surface area contributed by atoms with Crippen LogP contribution in [0.15, 0.2) is 28.7 Å². The first-order chi connectivity index (χ1) is 10.6. The number of nitrogens with zero attached hydrogens (tertiary/aromatic N) is 1. The van der Waals surface area contributed by atoms with Crippen LogP contribution in [-0.4, -0.2) is 37.6 Å². The van der Waals surface area contributed by atoms with E-state index in [9.17, 15) is 4.79 Å². The summed E-state index contributed by atoms with van der Waals surface area (Å²) in [5, 5.41) is 6.66. The number of amides is 1. The van der Waals surface area contributed by atoms with E-state index in [1.54, 1.807) is 0 Å². The van der Waals surface area contributed by atoms with Gasteiger partial charge in [-0.15, -0.1) is 0 Å². The summed E-state index contributed by atoms with van der Waals surface area (Å²) in [4.78, 5) is 14.8. The molecule has 1 aromatic rings. The largest absolute Gasteiger partial charge is 0.369 e. The molecule has 0 saturated carbocycles. The zero-order valence-electron chi connectivity index (χ0n) is 13.0. The summed E-state index contributed by atoms with van der Waals surface area (Å²) in [5.41, 5.74) is 1.23. The highest BCUT2D eigenvalue weighted by atomic mass is 79.9. The van der Waals surface area contributed by atoms with Crippen molar-refractivity contribution in [2.45, 2.75) is 38.3 Å². The highest BCUT2D eigenvalue weighted by molar-refractivity contribution is 9.10. The third kappa shape index (κ3) is 3.82. The molecule has 3 rings (SSSR count).